The van der Waals surface area contributed by atoms with Crippen LogP contribution in [0.15, 0.2) is 119 Å². The van der Waals surface area contributed by atoms with Gasteiger partial charge in [-0.25, -0.2) is 12.8 Å². The summed E-state index contributed by atoms with van der Waals surface area (Å²) in [5.74, 6) is -1.29. The number of sulfonamides is 1. The zero-order chi connectivity index (χ0) is 32.5. The van der Waals surface area contributed by atoms with Crippen LogP contribution in [0, 0.1) is 5.82 Å². The molecule has 1 atom stereocenters. The molecule has 240 valence electrons. The molecule has 0 unspecified atom stereocenters. The second-order valence-corrected chi connectivity index (χ2v) is 14.3. The van der Waals surface area contributed by atoms with E-state index in [1.807, 2.05) is 30.3 Å². The number of amides is 2. The summed E-state index contributed by atoms with van der Waals surface area (Å²) in [6.07, 6.45) is 5.11. The molecule has 1 fully saturated rings. The highest BCUT2D eigenvalue weighted by Crippen LogP contribution is 2.27. The van der Waals surface area contributed by atoms with Crippen molar-refractivity contribution in [1.29, 1.82) is 0 Å². The quantitative estimate of drug-likeness (QED) is 0.174. The summed E-state index contributed by atoms with van der Waals surface area (Å²) < 4.78 is 43.8. The maximum absolute atomic E-state index is 14.5. The third kappa shape index (κ3) is 8.61. The summed E-state index contributed by atoms with van der Waals surface area (Å²) >= 11 is 3.40. The molecule has 0 aliphatic heterocycles. The number of anilines is 1. The molecule has 0 heterocycles. The average molecular weight is 707 g/mol. The van der Waals surface area contributed by atoms with Gasteiger partial charge in [0, 0.05) is 23.5 Å². The van der Waals surface area contributed by atoms with Crippen molar-refractivity contribution in [3.05, 3.63) is 131 Å². The van der Waals surface area contributed by atoms with E-state index in [2.05, 4.69) is 21.2 Å². The Balaban J connectivity index is 1.55. The van der Waals surface area contributed by atoms with Crippen LogP contribution in [0.25, 0.3) is 0 Å². The van der Waals surface area contributed by atoms with Crippen LogP contribution in [0.5, 0.6) is 0 Å². The Morgan fingerprint density at radius 3 is 2.04 bits per heavy atom. The molecule has 46 heavy (non-hydrogen) atoms. The minimum Gasteiger partial charge on any atom is -0.352 e. The van der Waals surface area contributed by atoms with Gasteiger partial charge in [-0.05, 0) is 72.5 Å². The first kappa shape index (κ1) is 33.3. The normalized spacial score (nSPS) is 14.3. The summed E-state index contributed by atoms with van der Waals surface area (Å²) in [4.78, 5) is 30.1. The predicted molar refractivity (Wildman–Crippen MR) is 181 cm³/mol. The molecule has 1 N–H and O–H groups in total. The zero-order valence-corrected chi connectivity index (χ0v) is 27.8. The number of rotatable bonds is 12. The molecule has 5 rings (SSSR count). The number of halogens is 2. The van der Waals surface area contributed by atoms with Gasteiger partial charge in [-0.2, -0.15) is 0 Å². The van der Waals surface area contributed by atoms with E-state index >= 15 is 0 Å². The summed E-state index contributed by atoms with van der Waals surface area (Å²) in [5, 5.41) is 3.19. The van der Waals surface area contributed by atoms with Crippen LogP contribution < -0.4 is 9.62 Å². The van der Waals surface area contributed by atoms with Crippen molar-refractivity contribution in [2.45, 2.75) is 62.0 Å². The van der Waals surface area contributed by atoms with Gasteiger partial charge in [0.2, 0.25) is 11.8 Å². The van der Waals surface area contributed by atoms with Crippen LogP contribution in [0.1, 0.15) is 43.2 Å². The van der Waals surface area contributed by atoms with E-state index in [4.69, 9.17) is 0 Å². The molecule has 4 aromatic carbocycles. The third-order valence-electron chi connectivity index (χ3n) is 8.21. The average Bonchev–Trinajstić information content (AvgIpc) is 3.07. The van der Waals surface area contributed by atoms with Crippen molar-refractivity contribution in [3.8, 4) is 0 Å². The second kappa shape index (κ2) is 15.5. The molecular weight excluding hydrogens is 669 g/mol. The van der Waals surface area contributed by atoms with Gasteiger partial charge in [0.05, 0.1) is 10.6 Å². The van der Waals surface area contributed by atoms with Crippen molar-refractivity contribution in [2.75, 3.05) is 10.8 Å². The lowest BCUT2D eigenvalue weighted by atomic mass is 9.94. The van der Waals surface area contributed by atoms with Crippen LogP contribution >= 0.6 is 15.9 Å². The largest absolute Gasteiger partial charge is 0.352 e. The molecule has 0 saturated heterocycles. The molecule has 2 amide bonds. The molecule has 1 saturated carbocycles. The Hall–Kier alpha value is -4.02. The van der Waals surface area contributed by atoms with Gasteiger partial charge in [0.1, 0.15) is 18.4 Å². The van der Waals surface area contributed by atoms with Crippen LogP contribution in [-0.4, -0.2) is 43.8 Å². The highest BCUT2D eigenvalue weighted by atomic mass is 79.9. The fourth-order valence-electron chi connectivity index (χ4n) is 5.74. The van der Waals surface area contributed by atoms with E-state index in [9.17, 15) is 22.4 Å². The standard InChI is InChI=1S/C36H37BrFN3O4S/c37-29-18-22-32(23-19-29)41(46(44,45)33-14-8-3-9-15-33)26-35(42)40(25-28-16-20-30(38)21-17-28)34(24-27-10-4-1-5-11-27)36(43)39-31-12-6-2-7-13-31/h1,3-5,8-11,14-23,31,34H,2,6-7,12-13,24-26H2,(H,39,43)/t34-/m0/s1. The molecule has 1 aliphatic rings. The van der Waals surface area contributed by atoms with Crippen molar-refractivity contribution in [3.63, 3.8) is 0 Å². The number of carbonyl (C=O) groups excluding carboxylic acids is 2. The number of nitrogens with one attached hydrogen (secondary N) is 1. The molecule has 7 nitrogen and oxygen atoms in total. The monoisotopic (exact) mass is 705 g/mol. The van der Waals surface area contributed by atoms with Crippen LogP contribution in [0.2, 0.25) is 0 Å². The predicted octanol–water partition coefficient (Wildman–Crippen LogP) is 6.87. The Morgan fingerprint density at radius 1 is 0.804 bits per heavy atom. The maximum Gasteiger partial charge on any atom is 0.264 e. The molecule has 1 aliphatic carbocycles. The van der Waals surface area contributed by atoms with E-state index in [1.54, 1.807) is 54.6 Å². The Kier molecular flexibility index (Phi) is 11.2. The van der Waals surface area contributed by atoms with Gasteiger partial charge in [-0.15, -0.1) is 0 Å². The molecule has 0 spiro atoms. The fourth-order valence-corrected chi connectivity index (χ4v) is 7.44. The number of hydrogen-bond donors (Lipinski definition) is 1. The highest BCUT2D eigenvalue weighted by Gasteiger charge is 2.35. The number of carbonyl (C=O) groups is 2. The van der Waals surface area contributed by atoms with Crippen LogP contribution in [0.4, 0.5) is 10.1 Å². The second-order valence-electron chi connectivity index (χ2n) is 11.5. The van der Waals surface area contributed by atoms with Gasteiger partial charge >= 0.3 is 0 Å². The minimum atomic E-state index is -4.18. The summed E-state index contributed by atoms with van der Waals surface area (Å²) in [6.45, 7) is -0.573. The molecule has 0 radical (unpaired) electrons. The molecule has 10 heteroatoms. The summed E-state index contributed by atoms with van der Waals surface area (Å²) in [5.41, 5.74) is 1.76. The Labute approximate surface area is 278 Å². The number of benzene rings is 4. The lowest BCUT2D eigenvalue weighted by molar-refractivity contribution is -0.140. The topological polar surface area (TPSA) is 86.8 Å². The van der Waals surface area contributed by atoms with Gasteiger partial charge in [-0.3, -0.25) is 13.9 Å². The number of hydrogen-bond acceptors (Lipinski definition) is 4. The number of nitrogens with zero attached hydrogens (tertiary/aromatic N) is 2. The molecular formula is C36H37BrFN3O4S. The van der Waals surface area contributed by atoms with Crippen molar-refractivity contribution >= 4 is 43.5 Å². The first-order chi connectivity index (χ1) is 22.2. The molecule has 0 bridgehead atoms. The van der Waals surface area contributed by atoms with E-state index in [0.29, 0.717) is 11.3 Å². The molecule has 4 aromatic rings. The van der Waals surface area contributed by atoms with Gasteiger partial charge in [0.15, 0.2) is 0 Å². The Bertz CT molecular complexity index is 1700. The lowest BCUT2D eigenvalue weighted by Crippen LogP contribution is -2.55. The van der Waals surface area contributed by atoms with Gasteiger partial charge < -0.3 is 10.2 Å². The zero-order valence-electron chi connectivity index (χ0n) is 25.4. The first-order valence-corrected chi connectivity index (χ1v) is 17.7. The van der Waals surface area contributed by atoms with Crippen molar-refractivity contribution < 1.29 is 22.4 Å². The van der Waals surface area contributed by atoms with E-state index in [1.165, 1.54) is 29.2 Å². The first-order valence-electron chi connectivity index (χ1n) is 15.4. The van der Waals surface area contributed by atoms with Crippen LogP contribution in [0.3, 0.4) is 0 Å². The van der Waals surface area contributed by atoms with E-state index in [0.717, 1.165) is 46.4 Å². The SMILES string of the molecule is O=C(NC1CCCCC1)[C@H](Cc1ccccc1)N(Cc1ccc(F)cc1)C(=O)CN(c1ccc(Br)cc1)S(=O)(=O)c1ccccc1. The Morgan fingerprint density at radius 2 is 1.41 bits per heavy atom. The van der Waals surface area contributed by atoms with Crippen molar-refractivity contribution in [2.24, 2.45) is 0 Å². The lowest BCUT2D eigenvalue weighted by Gasteiger charge is -2.35. The third-order valence-corrected chi connectivity index (χ3v) is 10.5. The smallest absolute Gasteiger partial charge is 0.264 e. The van der Waals surface area contributed by atoms with Crippen LogP contribution in [-0.2, 0) is 32.6 Å². The molecule has 0 aromatic heterocycles. The highest BCUT2D eigenvalue weighted by molar-refractivity contribution is 9.10. The minimum absolute atomic E-state index is 0.0000175. The van der Waals surface area contributed by atoms with Gasteiger partial charge in [-0.1, -0.05) is 95.9 Å². The summed E-state index contributed by atoms with van der Waals surface area (Å²) in [7, 11) is -4.18. The fraction of sp³-hybridized carbons (Fsp3) is 0.278. The van der Waals surface area contributed by atoms with E-state index < -0.39 is 34.3 Å². The van der Waals surface area contributed by atoms with Gasteiger partial charge in [0.25, 0.3) is 10.0 Å². The summed E-state index contributed by atoms with van der Waals surface area (Å²) in [6, 6.07) is 28.8. The van der Waals surface area contributed by atoms with E-state index in [-0.39, 0.29) is 29.8 Å². The maximum atomic E-state index is 14.5. The van der Waals surface area contributed by atoms with Crippen molar-refractivity contribution in [1.82, 2.24) is 10.2 Å².